The van der Waals surface area contributed by atoms with Gasteiger partial charge in [-0.25, -0.2) is 0 Å². The van der Waals surface area contributed by atoms with Gasteiger partial charge in [0.05, 0.1) is 13.5 Å². The number of carbonyl (C=O) groups is 3. The van der Waals surface area contributed by atoms with Gasteiger partial charge in [0.15, 0.2) is 17.3 Å². The summed E-state index contributed by atoms with van der Waals surface area (Å²) in [6.45, 7) is 2.46. The van der Waals surface area contributed by atoms with E-state index in [0.29, 0.717) is 11.3 Å². The number of rotatable bonds is 4. The fraction of sp³-hybridized carbons (Fsp3) is 0.250. The van der Waals surface area contributed by atoms with Gasteiger partial charge in [-0.3, -0.25) is 14.4 Å². The molecule has 2 aromatic carbocycles. The molecule has 0 bridgehead atoms. The monoisotopic (exact) mass is 386 g/mol. The molecule has 28 heavy (non-hydrogen) atoms. The number of hydrogen-bond acceptors (Lipinski definition) is 8. The molecular formula is C20H18O8. The van der Waals surface area contributed by atoms with Gasteiger partial charge in [-0.1, -0.05) is 6.07 Å². The van der Waals surface area contributed by atoms with Gasteiger partial charge in [0.25, 0.3) is 0 Å². The van der Waals surface area contributed by atoms with Gasteiger partial charge in [0.1, 0.15) is 28.9 Å². The zero-order valence-electron chi connectivity index (χ0n) is 15.5. The van der Waals surface area contributed by atoms with Crippen LogP contribution in [0.3, 0.4) is 0 Å². The third kappa shape index (κ3) is 3.90. The molecule has 1 aliphatic heterocycles. The molecule has 0 saturated carbocycles. The maximum atomic E-state index is 12.7. The number of aromatic hydroxyl groups is 1. The Hall–Kier alpha value is -3.55. The van der Waals surface area contributed by atoms with E-state index >= 15 is 0 Å². The highest BCUT2D eigenvalue weighted by atomic mass is 16.6. The molecule has 0 aliphatic carbocycles. The number of ether oxygens (including phenoxy) is 4. The first-order valence-corrected chi connectivity index (χ1v) is 8.40. The molecule has 2 aromatic rings. The molecule has 0 radical (unpaired) electrons. The number of fused-ring (bicyclic) bond motifs is 1. The lowest BCUT2D eigenvalue weighted by molar-refractivity contribution is -0.132. The normalized spacial score (nSPS) is 15.2. The number of esters is 2. The molecule has 8 heteroatoms. The fourth-order valence-electron chi connectivity index (χ4n) is 2.96. The average Bonchev–Trinajstić information content (AvgIpc) is 2.59. The van der Waals surface area contributed by atoms with Crippen LogP contribution in [-0.4, -0.2) is 29.9 Å². The van der Waals surface area contributed by atoms with Crippen LogP contribution in [0, 0.1) is 0 Å². The summed E-state index contributed by atoms with van der Waals surface area (Å²) in [5, 5.41) is 9.88. The largest absolute Gasteiger partial charge is 0.508 e. The minimum atomic E-state index is -0.688. The quantitative estimate of drug-likeness (QED) is 0.631. The second kappa shape index (κ2) is 7.59. The summed E-state index contributed by atoms with van der Waals surface area (Å²) in [4.78, 5) is 35.3. The summed E-state index contributed by atoms with van der Waals surface area (Å²) in [6.07, 6.45) is -0.718. The van der Waals surface area contributed by atoms with E-state index < -0.39 is 18.0 Å². The predicted molar refractivity (Wildman–Crippen MR) is 96.0 cm³/mol. The zero-order valence-corrected chi connectivity index (χ0v) is 15.5. The first-order chi connectivity index (χ1) is 13.3. The van der Waals surface area contributed by atoms with E-state index in [1.807, 2.05) is 0 Å². The zero-order chi connectivity index (χ0) is 20.4. The lowest BCUT2D eigenvalue weighted by atomic mass is 9.95. The van der Waals surface area contributed by atoms with Crippen molar-refractivity contribution >= 4 is 17.7 Å². The Kier molecular flexibility index (Phi) is 5.21. The highest BCUT2D eigenvalue weighted by Crippen LogP contribution is 2.43. The number of Topliss-reactive ketones (excluding diaryl/α,β-unsaturated/α-hetero) is 1. The van der Waals surface area contributed by atoms with Crippen molar-refractivity contribution in [2.24, 2.45) is 0 Å². The maximum absolute atomic E-state index is 12.7. The predicted octanol–water partition coefficient (Wildman–Crippen LogP) is 2.96. The molecule has 0 unspecified atom stereocenters. The van der Waals surface area contributed by atoms with Crippen LogP contribution in [0.2, 0.25) is 0 Å². The Balaban J connectivity index is 1.98. The van der Waals surface area contributed by atoms with Crippen LogP contribution in [0.25, 0.3) is 0 Å². The van der Waals surface area contributed by atoms with Gasteiger partial charge in [-0.15, -0.1) is 0 Å². The van der Waals surface area contributed by atoms with E-state index in [9.17, 15) is 19.5 Å². The number of phenols is 1. The van der Waals surface area contributed by atoms with Gasteiger partial charge in [0, 0.05) is 26.0 Å². The number of hydrogen-bond donors (Lipinski definition) is 1. The number of ketones is 1. The minimum absolute atomic E-state index is 0.0299. The molecule has 0 amide bonds. The van der Waals surface area contributed by atoms with Gasteiger partial charge in [-0.05, 0) is 17.7 Å². The molecule has 1 atom stereocenters. The van der Waals surface area contributed by atoms with Gasteiger partial charge >= 0.3 is 11.9 Å². The third-order valence-electron chi connectivity index (χ3n) is 4.04. The number of methoxy groups -OCH3 is 1. The standard InChI is InChI=1S/C20H18O8/c1-10(21)26-17-6-12(4-5-15(17)25-3)16-9-14(24)20-18(27-11(2)22)7-13(23)8-19(20)28-16/h4-8,16,23H,9H2,1-3H3/t16-/m0/s1. The SMILES string of the molecule is COc1ccc([C@@H]2CC(=O)c3c(OC(C)=O)cc(O)cc3O2)cc1OC(C)=O. The van der Waals surface area contributed by atoms with E-state index in [1.54, 1.807) is 18.2 Å². The summed E-state index contributed by atoms with van der Waals surface area (Å²) < 4.78 is 21.2. The highest BCUT2D eigenvalue weighted by molar-refractivity contribution is 6.03. The van der Waals surface area contributed by atoms with Crippen molar-refractivity contribution < 1.29 is 38.4 Å². The second-order valence-corrected chi connectivity index (χ2v) is 6.15. The Bertz CT molecular complexity index is 963. The summed E-state index contributed by atoms with van der Waals surface area (Å²) in [5.41, 5.74) is 0.673. The van der Waals surface area contributed by atoms with Crippen molar-refractivity contribution in [3.05, 3.63) is 41.5 Å². The average molecular weight is 386 g/mol. The molecule has 0 saturated heterocycles. The Morgan fingerprint density at radius 3 is 2.36 bits per heavy atom. The van der Waals surface area contributed by atoms with Crippen molar-refractivity contribution in [2.45, 2.75) is 26.4 Å². The summed E-state index contributed by atoms with van der Waals surface area (Å²) in [7, 11) is 1.44. The van der Waals surface area contributed by atoms with Crippen molar-refractivity contribution in [3.8, 4) is 28.7 Å². The maximum Gasteiger partial charge on any atom is 0.308 e. The lowest BCUT2D eigenvalue weighted by Crippen LogP contribution is -2.22. The van der Waals surface area contributed by atoms with Crippen LogP contribution >= 0.6 is 0 Å². The van der Waals surface area contributed by atoms with Crippen LogP contribution in [0.4, 0.5) is 0 Å². The van der Waals surface area contributed by atoms with Crippen molar-refractivity contribution in [2.75, 3.05) is 7.11 Å². The number of carbonyl (C=O) groups excluding carboxylic acids is 3. The van der Waals surface area contributed by atoms with Crippen LogP contribution < -0.4 is 18.9 Å². The molecule has 3 rings (SSSR count). The second-order valence-electron chi connectivity index (χ2n) is 6.15. The molecule has 0 spiro atoms. The van der Waals surface area contributed by atoms with Crippen LogP contribution in [-0.2, 0) is 9.59 Å². The van der Waals surface area contributed by atoms with Gasteiger partial charge < -0.3 is 24.1 Å². The summed E-state index contributed by atoms with van der Waals surface area (Å²) >= 11 is 0. The lowest BCUT2D eigenvalue weighted by Gasteiger charge is -2.27. The van der Waals surface area contributed by atoms with E-state index in [0.717, 1.165) is 0 Å². The van der Waals surface area contributed by atoms with E-state index in [2.05, 4.69) is 0 Å². The Labute approximate surface area is 160 Å². The third-order valence-corrected chi connectivity index (χ3v) is 4.04. The molecule has 0 aromatic heterocycles. The minimum Gasteiger partial charge on any atom is -0.508 e. The fourth-order valence-corrected chi connectivity index (χ4v) is 2.96. The molecule has 1 aliphatic rings. The van der Waals surface area contributed by atoms with Crippen LogP contribution in [0.5, 0.6) is 28.7 Å². The first-order valence-electron chi connectivity index (χ1n) is 8.40. The van der Waals surface area contributed by atoms with E-state index in [-0.39, 0.29) is 40.8 Å². The van der Waals surface area contributed by atoms with Crippen molar-refractivity contribution in [1.29, 1.82) is 0 Å². The molecule has 8 nitrogen and oxygen atoms in total. The van der Waals surface area contributed by atoms with Crippen molar-refractivity contribution in [1.82, 2.24) is 0 Å². The molecule has 1 heterocycles. The van der Waals surface area contributed by atoms with Gasteiger partial charge in [0.2, 0.25) is 0 Å². The number of benzene rings is 2. The number of phenolic OH excluding ortho intramolecular Hbond substituents is 1. The molecule has 0 fully saturated rings. The van der Waals surface area contributed by atoms with Crippen LogP contribution in [0.1, 0.15) is 42.3 Å². The molecule has 1 N–H and O–H groups in total. The van der Waals surface area contributed by atoms with Gasteiger partial charge in [-0.2, -0.15) is 0 Å². The Morgan fingerprint density at radius 2 is 1.71 bits per heavy atom. The topological polar surface area (TPSA) is 108 Å². The van der Waals surface area contributed by atoms with E-state index in [4.69, 9.17) is 18.9 Å². The van der Waals surface area contributed by atoms with Crippen LogP contribution in [0.15, 0.2) is 30.3 Å². The molecular weight excluding hydrogens is 368 g/mol. The highest BCUT2D eigenvalue weighted by Gasteiger charge is 2.32. The van der Waals surface area contributed by atoms with Crippen molar-refractivity contribution in [3.63, 3.8) is 0 Å². The molecule has 146 valence electrons. The summed E-state index contributed by atoms with van der Waals surface area (Å²) in [6, 6.07) is 7.31. The smallest absolute Gasteiger partial charge is 0.308 e. The first kappa shape index (κ1) is 19.2. The summed E-state index contributed by atoms with van der Waals surface area (Å²) in [5.74, 6) is -1.06. The van der Waals surface area contributed by atoms with E-state index in [1.165, 1.54) is 33.1 Å². The Morgan fingerprint density at radius 1 is 1.04 bits per heavy atom.